The summed E-state index contributed by atoms with van der Waals surface area (Å²) in [6.45, 7) is -0.623. The van der Waals surface area contributed by atoms with E-state index in [2.05, 4.69) is 15.2 Å². The number of fused-ring (bicyclic) bond motifs is 1. The normalized spacial score (nSPS) is 11.4. The van der Waals surface area contributed by atoms with Gasteiger partial charge in [-0.25, -0.2) is 14.1 Å². The first-order chi connectivity index (χ1) is 9.13. The fourth-order valence-electron chi connectivity index (χ4n) is 1.85. The average molecular weight is 266 g/mol. The standard InChI is InChI=1S/C11H8F2N4O2/c1-17-11(14-4-15-17)9-6-2-5(3-18)7(12)8(13)10(6)19-16-9/h2,4,18H,3H2,1H3. The fraction of sp³-hybridized carbons (Fsp3) is 0.182. The zero-order valence-corrected chi connectivity index (χ0v) is 9.76. The third-order valence-electron chi connectivity index (χ3n) is 2.81. The molecule has 1 aromatic carbocycles. The van der Waals surface area contributed by atoms with Crippen LogP contribution < -0.4 is 0 Å². The van der Waals surface area contributed by atoms with Gasteiger partial charge in [-0.05, 0) is 6.07 Å². The summed E-state index contributed by atoms with van der Waals surface area (Å²) in [6, 6.07) is 1.29. The Hall–Kier alpha value is -2.35. The van der Waals surface area contributed by atoms with E-state index in [1.54, 1.807) is 7.05 Å². The summed E-state index contributed by atoms with van der Waals surface area (Å²) in [5.74, 6) is -1.97. The van der Waals surface area contributed by atoms with E-state index in [-0.39, 0.29) is 22.2 Å². The molecule has 0 spiro atoms. The molecule has 0 atom stereocenters. The molecule has 0 bridgehead atoms. The Labute approximate surface area is 105 Å². The SMILES string of the molecule is Cn1ncnc1-c1noc2c(F)c(F)c(CO)cc12. The highest BCUT2D eigenvalue weighted by molar-refractivity contribution is 5.90. The number of hydrogen-bond donors (Lipinski definition) is 1. The largest absolute Gasteiger partial charge is 0.392 e. The molecular formula is C11H8F2N4O2. The minimum absolute atomic E-state index is 0.170. The molecule has 0 radical (unpaired) electrons. The molecule has 0 saturated heterocycles. The molecule has 3 rings (SSSR count). The van der Waals surface area contributed by atoms with Crippen LogP contribution in [0.5, 0.6) is 0 Å². The van der Waals surface area contributed by atoms with Gasteiger partial charge in [0.2, 0.25) is 11.4 Å². The van der Waals surface area contributed by atoms with Crippen LogP contribution in [0.3, 0.4) is 0 Å². The first-order valence-corrected chi connectivity index (χ1v) is 5.35. The average Bonchev–Trinajstić information content (AvgIpc) is 2.99. The second kappa shape index (κ2) is 4.09. The number of aromatic nitrogens is 4. The summed E-state index contributed by atoms with van der Waals surface area (Å²) in [5, 5.41) is 16.8. The van der Waals surface area contributed by atoms with Crippen molar-refractivity contribution in [1.82, 2.24) is 19.9 Å². The van der Waals surface area contributed by atoms with Gasteiger partial charge in [0, 0.05) is 12.6 Å². The lowest BCUT2D eigenvalue weighted by atomic mass is 10.1. The Morgan fingerprint density at radius 1 is 1.37 bits per heavy atom. The van der Waals surface area contributed by atoms with Crippen molar-refractivity contribution in [2.75, 3.05) is 0 Å². The van der Waals surface area contributed by atoms with E-state index in [1.165, 1.54) is 17.1 Å². The smallest absolute Gasteiger partial charge is 0.206 e. The van der Waals surface area contributed by atoms with Crippen molar-refractivity contribution in [2.45, 2.75) is 6.61 Å². The topological polar surface area (TPSA) is 77.0 Å². The summed E-state index contributed by atoms with van der Waals surface area (Å²) in [4.78, 5) is 3.97. The molecule has 0 unspecified atom stereocenters. The number of rotatable bonds is 2. The molecule has 2 heterocycles. The predicted octanol–water partition coefficient (Wildman–Crippen LogP) is 1.39. The first-order valence-electron chi connectivity index (χ1n) is 5.35. The van der Waals surface area contributed by atoms with E-state index in [1.807, 2.05) is 0 Å². The van der Waals surface area contributed by atoms with E-state index < -0.39 is 18.2 Å². The van der Waals surface area contributed by atoms with Crippen LogP contribution >= 0.6 is 0 Å². The zero-order valence-electron chi connectivity index (χ0n) is 9.76. The Kier molecular flexibility index (Phi) is 2.53. The predicted molar refractivity (Wildman–Crippen MR) is 59.8 cm³/mol. The summed E-state index contributed by atoms with van der Waals surface area (Å²) in [6.07, 6.45) is 1.31. The summed E-state index contributed by atoms with van der Waals surface area (Å²) in [5.41, 5.74) is -0.243. The van der Waals surface area contributed by atoms with Crippen LogP contribution in [0.25, 0.3) is 22.5 Å². The molecule has 3 aromatic rings. The number of benzene rings is 1. The van der Waals surface area contributed by atoms with E-state index in [4.69, 9.17) is 9.63 Å². The Balaban J connectivity index is 2.35. The number of aryl methyl sites for hydroxylation is 1. The molecular weight excluding hydrogens is 258 g/mol. The summed E-state index contributed by atoms with van der Waals surface area (Å²) < 4.78 is 33.5. The summed E-state index contributed by atoms with van der Waals surface area (Å²) >= 11 is 0. The van der Waals surface area contributed by atoms with Gasteiger partial charge in [-0.2, -0.15) is 9.49 Å². The van der Waals surface area contributed by atoms with Gasteiger partial charge in [0.05, 0.1) is 12.0 Å². The molecule has 0 aliphatic carbocycles. The lowest BCUT2D eigenvalue weighted by Gasteiger charge is -2.01. The molecule has 98 valence electrons. The van der Waals surface area contributed by atoms with Crippen molar-refractivity contribution in [3.8, 4) is 11.5 Å². The number of aliphatic hydroxyl groups is 1. The molecule has 8 heteroatoms. The van der Waals surface area contributed by atoms with Gasteiger partial charge in [0.15, 0.2) is 17.3 Å². The maximum atomic E-state index is 13.7. The lowest BCUT2D eigenvalue weighted by Crippen LogP contribution is -1.97. The van der Waals surface area contributed by atoms with Gasteiger partial charge in [0.1, 0.15) is 6.33 Å². The van der Waals surface area contributed by atoms with Gasteiger partial charge < -0.3 is 9.63 Å². The van der Waals surface area contributed by atoms with Gasteiger partial charge in [0.25, 0.3) is 0 Å². The quantitative estimate of drug-likeness (QED) is 0.758. The minimum atomic E-state index is -1.18. The van der Waals surface area contributed by atoms with Gasteiger partial charge >= 0.3 is 0 Å². The second-order valence-electron chi connectivity index (χ2n) is 3.94. The van der Waals surface area contributed by atoms with Crippen LogP contribution in [0.2, 0.25) is 0 Å². The van der Waals surface area contributed by atoms with Crippen molar-refractivity contribution >= 4 is 11.0 Å². The van der Waals surface area contributed by atoms with E-state index in [0.29, 0.717) is 5.82 Å². The third kappa shape index (κ3) is 1.60. The minimum Gasteiger partial charge on any atom is -0.392 e. The first kappa shape index (κ1) is 11.7. The van der Waals surface area contributed by atoms with Crippen LogP contribution in [-0.2, 0) is 13.7 Å². The molecule has 0 aliphatic rings. The van der Waals surface area contributed by atoms with Crippen LogP contribution in [0.4, 0.5) is 8.78 Å². The van der Waals surface area contributed by atoms with Crippen LogP contribution in [-0.4, -0.2) is 25.0 Å². The fourth-order valence-corrected chi connectivity index (χ4v) is 1.85. The number of halogens is 2. The van der Waals surface area contributed by atoms with Gasteiger partial charge in [-0.15, -0.1) is 0 Å². The summed E-state index contributed by atoms with van der Waals surface area (Å²) in [7, 11) is 1.63. The Morgan fingerprint density at radius 3 is 2.79 bits per heavy atom. The van der Waals surface area contributed by atoms with Crippen molar-refractivity contribution in [2.24, 2.45) is 7.05 Å². The Bertz CT molecular complexity index is 765. The van der Waals surface area contributed by atoms with Gasteiger partial charge in [-0.3, -0.25) is 0 Å². The Morgan fingerprint density at radius 2 is 2.16 bits per heavy atom. The third-order valence-corrected chi connectivity index (χ3v) is 2.81. The van der Waals surface area contributed by atoms with Gasteiger partial charge in [-0.1, -0.05) is 5.16 Å². The van der Waals surface area contributed by atoms with Crippen LogP contribution in [0, 0.1) is 11.6 Å². The molecule has 2 aromatic heterocycles. The molecule has 0 saturated carbocycles. The zero-order chi connectivity index (χ0) is 13.6. The molecule has 0 fully saturated rings. The highest BCUT2D eigenvalue weighted by Crippen LogP contribution is 2.30. The number of hydrogen-bond acceptors (Lipinski definition) is 5. The lowest BCUT2D eigenvalue weighted by molar-refractivity contribution is 0.273. The van der Waals surface area contributed by atoms with Crippen molar-refractivity contribution in [3.63, 3.8) is 0 Å². The van der Waals surface area contributed by atoms with E-state index >= 15 is 0 Å². The monoisotopic (exact) mass is 266 g/mol. The molecule has 6 nitrogen and oxygen atoms in total. The molecule has 1 N–H and O–H groups in total. The number of nitrogens with zero attached hydrogens (tertiary/aromatic N) is 4. The molecule has 19 heavy (non-hydrogen) atoms. The van der Waals surface area contributed by atoms with E-state index in [9.17, 15) is 8.78 Å². The van der Waals surface area contributed by atoms with E-state index in [0.717, 1.165) is 0 Å². The maximum Gasteiger partial charge on any atom is 0.206 e. The van der Waals surface area contributed by atoms with Crippen LogP contribution in [0.15, 0.2) is 16.9 Å². The number of aliphatic hydroxyl groups excluding tert-OH is 1. The second-order valence-corrected chi connectivity index (χ2v) is 3.94. The van der Waals surface area contributed by atoms with Crippen LogP contribution in [0.1, 0.15) is 5.56 Å². The van der Waals surface area contributed by atoms with Crippen molar-refractivity contribution in [1.29, 1.82) is 0 Å². The highest BCUT2D eigenvalue weighted by atomic mass is 19.2. The van der Waals surface area contributed by atoms with Crippen molar-refractivity contribution < 1.29 is 18.4 Å². The van der Waals surface area contributed by atoms with Crippen molar-refractivity contribution in [3.05, 3.63) is 29.6 Å². The molecule has 0 aliphatic heterocycles. The maximum absolute atomic E-state index is 13.7. The molecule has 0 amide bonds. The highest BCUT2D eigenvalue weighted by Gasteiger charge is 2.22.